The minimum atomic E-state index is -0.443. The Kier molecular flexibility index (Phi) is 5.77. The quantitative estimate of drug-likeness (QED) is 0.738. The molecule has 5 nitrogen and oxygen atoms in total. The SMILES string of the molecule is CCN(CC(=O)OC)C(=O)c1ccc(CSC)o1. The molecule has 1 rings (SSSR count). The highest BCUT2D eigenvalue weighted by molar-refractivity contribution is 7.97. The van der Waals surface area contributed by atoms with E-state index in [4.69, 9.17) is 4.42 Å². The van der Waals surface area contributed by atoms with Crippen molar-refractivity contribution in [3.8, 4) is 0 Å². The molecule has 0 N–H and O–H groups in total. The normalized spacial score (nSPS) is 10.2. The van der Waals surface area contributed by atoms with Crippen molar-refractivity contribution in [2.45, 2.75) is 12.7 Å². The fourth-order valence-corrected chi connectivity index (χ4v) is 1.86. The number of rotatable bonds is 6. The van der Waals surface area contributed by atoms with Gasteiger partial charge in [0.1, 0.15) is 12.3 Å². The van der Waals surface area contributed by atoms with Crippen LogP contribution >= 0.6 is 11.8 Å². The zero-order valence-electron chi connectivity index (χ0n) is 10.8. The summed E-state index contributed by atoms with van der Waals surface area (Å²) in [7, 11) is 1.30. The molecule has 0 aromatic carbocycles. The first-order chi connectivity index (χ1) is 8.62. The van der Waals surface area contributed by atoms with Gasteiger partial charge in [-0.3, -0.25) is 9.59 Å². The summed E-state index contributed by atoms with van der Waals surface area (Å²) in [5, 5.41) is 0. The number of hydrogen-bond donors (Lipinski definition) is 0. The lowest BCUT2D eigenvalue weighted by atomic mass is 10.3. The van der Waals surface area contributed by atoms with Crippen LogP contribution < -0.4 is 0 Å². The predicted molar refractivity (Wildman–Crippen MR) is 69.5 cm³/mol. The molecular formula is C12H17NO4S. The van der Waals surface area contributed by atoms with E-state index in [1.807, 2.05) is 6.26 Å². The van der Waals surface area contributed by atoms with Gasteiger partial charge < -0.3 is 14.1 Å². The molecule has 0 aliphatic heterocycles. The van der Waals surface area contributed by atoms with Crippen LogP contribution in [0, 0.1) is 0 Å². The van der Waals surface area contributed by atoms with E-state index in [9.17, 15) is 9.59 Å². The van der Waals surface area contributed by atoms with Gasteiger partial charge in [0.05, 0.1) is 12.9 Å². The van der Waals surface area contributed by atoms with Gasteiger partial charge in [-0.2, -0.15) is 11.8 Å². The van der Waals surface area contributed by atoms with Gasteiger partial charge in [0.25, 0.3) is 5.91 Å². The molecule has 1 heterocycles. The van der Waals surface area contributed by atoms with Gasteiger partial charge in [-0.1, -0.05) is 0 Å². The van der Waals surface area contributed by atoms with Gasteiger partial charge in [-0.25, -0.2) is 0 Å². The molecule has 0 saturated carbocycles. The highest BCUT2D eigenvalue weighted by atomic mass is 32.2. The van der Waals surface area contributed by atoms with Gasteiger partial charge in [0.15, 0.2) is 5.76 Å². The van der Waals surface area contributed by atoms with Gasteiger partial charge in [0.2, 0.25) is 0 Å². The van der Waals surface area contributed by atoms with Gasteiger partial charge >= 0.3 is 5.97 Å². The lowest BCUT2D eigenvalue weighted by molar-refractivity contribution is -0.141. The van der Waals surface area contributed by atoms with Gasteiger partial charge in [-0.05, 0) is 25.3 Å². The smallest absolute Gasteiger partial charge is 0.325 e. The summed E-state index contributed by atoms with van der Waals surface area (Å²) in [5.41, 5.74) is 0. The lowest BCUT2D eigenvalue weighted by Crippen LogP contribution is -2.35. The molecule has 0 atom stereocenters. The third-order valence-corrected chi connectivity index (χ3v) is 2.95. The Balaban J connectivity index is 2.73. The first-order valence-corrected chi connectivity index (χ1v) is 6.95. The molecule has 1 aromatic rings. The number of furan rings is 1. The molecule has 6 heteroatoms. The number of ether oxygens (including phenoxy) is 1. The van der Waals surface area contributed by atoms with E-state index in [2.05, 4.69) is 4.74 Å². The second-order valence-corrected chi connectivity index (χ2v) is 4.46. The standard InChI is InChI=1S/C12H17NO4S/c1-4-13(7-11(14)16-2)12(15)10-6-5-9(17-10)8-18-3/h5-6H,4,7-8H2,1-3H3. The molecule has 0 spiro atoms. The molecule has 1 aromatic heterocycles. The van der Waals surface area contributed by atoms with Crippen molar-refractivity contribution in [1.29, 1.82) is 0 Å². The average Bonchev–Trinajstić information content (AvgIpc) is 2.83. The van der Waals surface area contributed by atoms with Crippen LogP contribution in [0.25, 0.3) is 0 Å². The van der Waals surface area contributed by atoms with Crippen LogP contribution in [0.2, 0.25) is 0 Å². The Morgan fingerprint density at radius 3 is 2.72 bits per heavy atom. The van der Waals surface area contributed by atoms with Crippen molar-refractivity contribution >= 4 is 23.6 Å². The first-order valence-electron chi connectivity index (χ1n) is 5.56. The van der Waals surface area contributed by atoms with Crippen molar-refractivity contribution in [2.24, 2.45) is 0 Å². The zero-order chi connectivity index (χ0) is 13.5. The van der Waals surface area contributed by atoms with E-state index in [1.54, 1.807) is 30.8 Å². The fourth-order valence-electron chi connectivity index (χ4n) is 1.42. The molecule has 0 radical (unpaired) electrons. The van der Waals surface area contributed by atoms with Crippen LogP contribution in [0.4, 0.5) is 0 Å². The number of nitrogens with zero attached hydrogens (tertiary/aromatic N) is 1. The molecule has 0 saturated heterocycles. The van der Waals surface area contributed by atoms with Crippen LogP contribution in [-0.2, 0) is 15.3 Å². The highest BCUT2D eigenvalue weighted by Gasteiger charge is 2.20. The van der Waals surface area contributed by atoms with E-state index in [0.29, 0.717) is 6.54 Å². The maximum Gasteiger partial charge on any atom is 0.325 e. The Bertz CT molecular complexity index is 416. The van der Waals surface area contributed by atoms with E-state index in [-0.39, 0.29) is 18.2 Å². The van der Waals surface area contributed by atoms with Crippen LogP contribution in [0.5, 0.6) is 0 Å². The summed E-state index contributed by atoms with van der Waals surface area (Å²) in [5.74, 6) is 0.984. The average molecular weight is 271 g/mol. The maximum absolute atomic E-state index is 12.1. The molecular weight excluding hydrogens is 254 g/mol. The van der Waals surface area contributed by atoms with E-state index in [1.165, 1.54) is 12.0 Å². The number of esters is 1. The number of amides is 1. The number of thioether (sulfide) groups is 1. The van der Waals surface area contributed by atoms with E-state index in [0.717, 1.165) is 11.5 Å². The number of likely N-dealkylation sites (N-methyl/N-ethyl adjacent to an activating group) is 1. The number of methoxy groups -OCH3 is 1. The van der Waals surface area contributed by atoms with E-state index < -0.39 is 5.97 Å². The topological polar surface area (TPSA) is 59.8 Å². The molecule has 0 unspecified atom stereocenters. The van der Waals surface area contributed by atoms with Crippen molar-refractivity contribution in [3.05, 3.63) is 23.7 Å². The van der Waals surface area contributed by atoms with Crippen molar-refractivity contribution < 1.29 is 18.7 Å². The summed E-state index contributed by atoms with van der Waals surface area (Å²) < 4.78 is 9.97. The Hall–Kier alpha value is -1.43. The van der Waals surface area contributed by atoms with Gasteiger partial charge in [0, 0.05) is 6.54 Å². The lowest BCUT2D eigenvalue weighted by Gasteiger charge is -2.17. The van der Waals surface area contributed by atoms with Crippen molar-refractivity contribution in [1.82, 2.24) is 4.90 Å². The fraction of sp³-hybridized carbons (Fsp3) is 0.500. The molecule has 100 valence electrons. The molecule has 0 bridgehead atoms. The molecule has 0 aliphatic carbocycles. The monoisotopic (exact) mass is 271 g/mol. The molecule has 0 fully saturated rings. The van der Waals surface area contributed by atoms with E-state index >= 15 is 0 Å². The van der Waals surface area contributed by atoms with Crippen LogP contribution in [0.1, 0.15) is 23.2 Å². The maximum atomic E-state index is 12.1. The van der Waals surface area contributed by atoms with Crippen LogP contribution in [-0.4, -0.2) is 43.2 Å². The summed E-state index contributed by atoms with van der Waals surface area (Å²) in [6, 6.07) is 3.41. The molecule has 1 amide bonds. The Morgan fingerprint density at radius 1 is 1.44 bits per heavy atom. The summed E-state index contributed by atoms with van der Waals surface area (Å²) in [6.07, 6.45) is 1.96. The minimum Gasteiger partial charge on any atom is -0.468 e. The van der Waals surface area contributed by atoms with Crippen LogP contribution in [0.3, 0.4) is 0 Å². The zero-order valence-corrected chi connectivity index (χ0v) is 11.6. The number of hydrogen-bond acceptors (Lipinski definition) is 5. The third-order valence-electron chi connectivity index (χ3n) is 2.38. The van der Waals surface area contributed by atoms with Gasteiger partial charge in [-0.15, -0.1) is 0 Å². The first kappa shape index (κ1) is 14.6. The molecule has 0 aliphatic rings. The predicted octanol–water partition coefficient (Wildman–Crippen LogP) is 1.78. The third kappa shape index (κ3) is 3.80. The van der Waals surface area contributed by atoms with Crippen molar-refractivity contribution in [2.75, 3.05) is 26.5 Å². The second kappa shape index (κ2) is 7.10. The van der Waals surface area contributed by atoms with Crippen LogP contribution in [0.15, 0.2) is 16.5 Å². The Labute approximate surface area is 110 Å². The highest BCUT2D eigenvalue weighted by Crippen LogP contribution is 2.15. The molecule has 18 heavy (non-hydrogen) atoms. The summed E-state index contributed by atoms with van der Waals surface area (Å²) in [6.45, 7) is 2.16. The Morgan fingerprint density at radius 2 is 2.17 bits per heavy atom. The number of carbonyl (C=O) groups excluding carboxylic acids is 2. The number of carbonyl (C=O) groups is 2. The van der Waals surface area contributed by atoms with Crippen molar-refractivity contribution in [3.63, 3.8) is 0 Å². The summed E-state index contributed by atoms with van der Waals surface area (Å²) in [4.78, 5) is 24.6. The minimum absolute atomic E-state index is 0.0651. The summed E-state index contributed by atoms with van der Waals surface area (Å²) >= 11 is 1.62. The largest absolute Gasteiger partial charge is 0.468 e. The second-order valence-electron chi connectivity index (χ2n) is 3.59.